The minimum atomic E-state index is -1.24. The highest BCUT2D eigenvalue weighted by Gasteiger charge is 2.17. The maximum Gasteiger partial charge on any atom is 0.325 e. The zero-order valence-corrected chi connectivity index (χ0v) is 7.00. The zero-order valence-electron chi connectivity index (χ0n) is 6.19. The minimum Gasteiger partial charge on any atom is -0.481 e. The van der Waals surface area contributed by atoms with Crippen molar-refractivity contribution in [2.24, 2.45) is 5.73 Å². The lowest BCUT2D eigenvalue weighted by atomic mass is 10.1. The van der Waals surface area contributed by atoms with Crippen molar-refractivity contribution < 1.29 is 19.8 Å². The lowest BCUT2D eigenvalue weighted by molar-refractivity contribution is -0.138. The van der Waals surface area contributed by atoms with Gasteiger partial charge in [0, 0.05) is 11.3 Å². The second-order valence-corrected chi connectivity index (χ2v) is 2.70. The van der Waals surface area contributed by atoms with Crippen molar-refractivity contribution in [2.75, 3.05) is 0 Å². The van der Waals surface area contributed by atoms with Gasteiger partial charge in [0.2, 0.25) is 0 Å². The van der Waals surface area contributed by atoms with Gasteiger partial charge in [-0.2, -0.15) is 0 Å². The molecule has 12 heavy (non-hydrogen) atoms. The van der Waals surface area contributed by atoms with Gasteiger partial charge in [0.25, 0.3) is 0 Å². The Kier molecular flexibility index (Phi) is 4.38. The van der Waals surface area contributed by atoms with Crippen LogP contribution in [-0.2, 0) is 9.59 Å². The molecule has 0 spiro atoms. The lowest BCUT2D eigenvalue weighted by Gasteiger charge is -2.05. The lowest BCUT2D eigenvalue weighted by Crippen LogP contribution is -2.37. The molecule has 0 amide bonds. The normalized spacial score (nSPS) is 12.1. The molecule has 0 aromatic rings. The highest BCUT2D eigenvalue weighted by Crippen LogP contribution is 1.97. The fourth-order valence-electron chi connectivity index (χ4n) is 0.523. The summed E-state index contributed by atoms with van der Waals surface area (Å²) in [6.07, 6.45) is -0.155. The first kappa shape index (κ1) is 11.0. The van der Waals surface area contributed by atoms with Crippen molar-refractivity contribution >= 4 is 29.0 Å². The SMILES string of the molecule is NC(C(=O)O)C(=S)CCC(=O)O. The van der Waals surface area contributed by atoms with E-state index in [-0.39, 0.29) is 17.7 Å². The zero-order chi connectivity index (χ0) is 9.72. The fraction of sp³-hybridized carbons (Fsp3) is 0.500. The van der Waals surface area contributed by atoms with E-state index in [0.29, 0.717) is 0 Å². The largest absolute Gasteiger partial charge is 0.481 e. The van der Waals surface area contributed by atoms with Gasteiger partial charge < -0.3 is 15.9 Å². The number of hydrogen-bond acceptors (Lipinski definition) is 4. The van der Waals surface area contributed by atoms with E-state index >= 15 is 0 Å². The average Bonchev–Trinajstić information content (AvgIpc) is 1.98. The van der Waals surface area contributed by atoms with Gasteiger partial charge in [0.05, 0.1) is 0 Å². The first-order valence-electron chi connectivity index (χ1n) is 3.18. The molecular weight excluding hydrogens is 182 g/mol. The Morgan fingerprint density at radius 2 is 1.83 bits per heavy atom. The molecule has 1 atom stereocenters. The van der Waals surface area contributed by atoms with Gasteiger partial charge in [-0.15, -0.1) is 0 Å². The van der Waals surface area contributed by atoms with E-state index in [9.17, 15) is 9.59 Å². The summed E-state index contributed by atoms with van der Waals surface area (Å²) in [6.45, 7) is 0. The Labute approximate surface area is 74.2 Å². The molecule has 0 radical (unpaired) electrons. The summed E-state index contributed by atoms with van der Waals surface area (Å²) in [5.74, 6) is -2.25. The summed E-state index contributed by atoms with van der Waals surface area (Å²) < 4.78 is 0. The second-order valence-electron chi connectivity index (χ2n) is 2.18. The first-order valence-corrected chi connectivity index (χ1v) is 3.59. The minimum absolute atomic E-state index is 0.0259. The molecule has 0 aromatic carbocycles. The maximum atomic E-state index is 10.2. The Bertz CT molecular complexity index is 216. The Morgan fingerprint density at radius 3 is 2.17 bits per heavy atom. The van der Waals surface area contributed by atoms with Crippen LogP contribution in [0, 0.1) is 0 Å². The number of aliphatic carboxylic acids is 2. The van der Waals surface area contributed by atoms with Gasteiger partial charge in [-0.05, 0) is 6.42 Å². The molecule has 4 N–H and O–H groups in total. The predicted molar refractivity (Wildman–Crippen MR) is 45.1 cm³/mol. The van der Waals surface area contributed by atoms with Crippen molar-refractivity contribution in [1.82, 2.24) is 0 Å². The molecule has 0 aliphatic rings. The van der Waals surface area contributed by atoms with Crippen LogP contribution in [0.5, 0.6) is 0 Å². The summed E-state index contributed by atoms with van der Waals surface area (Å²) in [7, 11) is 0. The summed E-state index contributed by atoms with van der Waals surface area (Å²) in [5.41, 5.74) is 5.11. The van der Waals surface area contributed by atoms with Crippen LogP contribution in [0.3, 0.4) is 0 Å². The highest BCUT2D eigenvalue weighted by molar-refractivity contribution is 7.80. The van der Waals surface area contributed by atoms with Crippen LogP contribution in [-0.4, -0.2) is 33.1 Å². The maximum absolute atomic E-state index is 10.2. The molecule has 0 saturated heterocycles. The van der Waals surface area contributed by atoms with Gasteiger partial charge in [0.1, 0.15) is 6.04 Å². The van der Waals surface area contributed by atoms with Gasteiger partial charge in [-0.3, -0.25) is 9.59 Å². The van der Waals surface area contributed by atoms with Crippen LogP contribution in [0.1, 0.15) is 12.8 Å². The van der Waals surface area contributed by atoms with Gasteiger partial charge in [-0.25, -0.2) is 0 Å². The van der Waals surface area contributed by atoms with Crippen molar-refractivity contribution in [3.63, 3.8) is 0 Å². The van der Waals surface area contributed by atoms with Gasteiger partial charge in [-0.1, -0.05) is 12.2 Å². The Balaban J connectivity index is 3.88. The van der Waals surface area contributed by atoms with Crippen LogP contribution in [0.25, 0.3) is 0 Å². The number of rotatable bonds is 5. The molecule has 5 nitrogen and oxygen atoms in total. The van der Waals surface area contributed by atoms with E-state index in [1.54, 1.807) is 0 Å². The van der Waals surface area contributed by atoms with Gasteiger partial charge in [0.15, 0.2) is 0 Å². The number of carboxylic acids is 2. The molecule has 68 valence electrons. The Hall–Kier alpha value is -1.01. The van der Waals surface area contributed by atoms with Crippen LogP contribution in [0.4, 0.5) is 0 Å². The van der Waals surface area contributed by atoms with E-state index in [1.165, 1.54) is 0 Å². The van der Waals surface area contributed by atoms with E-state index in [0.717, 1.165) is 0 Å². The molecule has 0 bridgehead atoms. The molecule has 1 unspecified atom stereocenters. The van der Waals surface area contributed by atoms with E-state index in [2.05, 4.69) is 12.2 Å². The third-order valence-corrected chi connectivity index (χ3v) is 1.66. The predicted octanol–water partition coefficient (Wildman–Crippen LogP) is -0.367. The van der Waals surface area contributed by atoms with Crippen LogP contribution in [0.2, 0.25) is 0 Å². The molecular formula is C6H9NO4S. The van der Waals surface area contributed by atoms with Crippen LogP contribution < -0.4 is 5.73 Å². The molecule has 0 heterocycles. The third kappa shape index (κ3) is 3.99. The van der Waals surface area contributed by atoms with Crippen LogP contribution >= 0.6 is 12.2 Å². The molecule has 0 fully saturated rings. The van der Waals surface area contributed by atoms with Crippen molar-refractivity contribution in [2.45, 2.75) is 18.9 Å². The smallest absolute Gasteiger partial charge is 0.325 e. The molecule has 6 heteroatoms. The fourth-order valence-corrected chi connectivity index (χ4v) is 0.726. The van der Waals surface area contributed by atoms with Crippen LogP contribution in [0.15, 0.2) is 0 Å². The quantitative estimate of drug-likeness (QED) is 0.513. The second kappa shape index (κ2) is 4.78. The van der Waals surface area contributed by atoms with Crippen molar-refractivity contribution in [3.8, 4) is 0 Å². The summed E-state index contributed by atoms with van der Waals surface area (Å²) in [6, 6.07) is -1.24. The Morgan fingerprint density at radius 1 is 1.33 bits per heavy atom. The number of carbonyl (C=O) groups is 2. The summed E-state index contributed by atoms with van der Waals surface area (Å²) in [4.78, 5) is 20.3. The van der Waals surface area contributed by atoms with Crippen molar-refractivity contribution in [1.29, 1.82) is 0 Å². The standard InChI is InChI=1S/C6H9NO4S/c7-5(6(10)11)3(12)1-2-4(8)9/h5H,1-2,7H2,(H,8,9)(H,10,11). The average molecular weight is 191 g/mol. The number of thiocarbonyl (C=S) groups is 1. The number of nitrogens with two attached hydrogens (primary N) is 1. The molecule has 0 saturated carbocycles. The van der Waals surface area contributed by atoms with Crippen molar-refractivity contribution in [3.05, 3.63) is 0 Å². The third-order valence-electron chi connectivity index (χ3n) is 1.20. The van der Waals surface area contributed by atoms with E-state index < -0.39 is 18.0 Å². The number of hydrogen-bond donors (Lipinski definition) is 3. The molecule has 0 aliphatic heterocycles. The monoisotopic (exact) mass is 191 g/mol. The molecule has 0 aromatic heterocycles. The topological polar surface area (TPSA) is 101 Å². The molecule has 0 aliphatic carbocycles. The number of carboxylic acid groups (broad SMARTS) is 2. The summed E-state index contributed by atoms with van der Waals surface area (Å²) >= 11 is 4.60. The summed E-state index contributed by atoms with van der Waals surface area (Å²) in [5, 5.41) is 16.6. The highest BCUT2D eigenvalue weighted by atomic mass is 32.1. The van der Waals surface area contributed by atoms with E-state index in [4.69, 9.17) is 15.9 Å². The van der Waals surface area contributed by atoms with E-state index in [1.807, 2.05) is 0 Å². The first-order chi connectivity index (χ1) is 5.45. The molecule has 0 rings (SSSR count). The van der Waals surface area contributed by atoms with Gasteiger partial charge >= 0.3 is 11.9 Å².